The zero-order valence-corrected chi connectivity index (χ0v) is 15.3. The number of rotatable bonds is 9. The number of nitrogens with one attached hydrogen (secondary N) is 1. The van der Waals surface area contributed by atoms with Crippen molar-refractivity contribution in [1.29, 1.82) is 5.26 Å². The van der Waals surface area contributed by atoms with Gasteiger partial charge in [-0.15, -0.1) is 0 Å². The maximum absolute atomic E-state index is 8.69. The summed E-state index contributed by atoms with van der Waals surface area (Å²) < 4.78 is 11.9. The first kappa shape index (κ1) is 18.3. The molecule has 4 nitrogen and oxygen atoms in total. The lowest BCUT2D eigenvalue weighted by molar-refractivity contribution is 0.297. The van der Waals surface area contributed by atoms with Crippen LogP contribution in [0.15, 0.2) is 46.9 Å². The second-order valence-corrected chi connectivity index (χ2v) is 6.05. The zero-order chi connectivity index (χ0) is 17.2. The number of hydrogen-bond donors (Lipinski definition) is 1. The fourth-order valence-corrected chi connectivity index (χ4v) is 2.94. The highest BCUT2D eigenvalue weighted by molar-refractivity contribution is 9.10. The van der Waals surface area contributed by atoms with E-state index in [-0.39, 0.29) is 6.61 Å². The van der Waals surface area contributed by atoms with Crippen LogP contribution < -0.4 is 14.8 Å². The standard InChI is InChI=1S/C19H21BrN2O2/c1-2-23-18-13-16(12-17(20)19(18)24-11-9-21)14-22-10-8-15-6-4-3-5-7-15/h3-7,12-13,22H,2,8,10-11,14H2,1H3. The summed E-state index contributed by atoms with van der Waals surface area (Å²) in [6.45, 7) is 4.10. The van der Waals surface area contributed by atoms with Gasteiger partial charge in [-0.25, -0.2) is 0 Å². The maximum atomic E-state index is 8.69. The number of ether oxygens (including phenoxy) is 2. The van der Waals surface area contributed by atoms with Gasteiger partial charge in [0.15, 0.2) is 18.1 Å². The molecule has 0 radical (unpaired) electrons. The SMILES string of the molecule is CCOc1cc(CNCCc2ccccc2)cc(Br)c1OCC#N. The topological polar surface area (TPSA) is 54.3 Å². The first-order valence-electron chi connectivity index (χ1n) is 7.94. The Hall–Kier alpha value is -2.03. The van der Waals surface area contributed by atoms with E-state index < -0.39 is 0 Å². The molecule has 0 saturated carbocycles. The van der Waals surface area contributed by atoms with E-state index in [0.29, 0.717) is 18.1 Å². The lowest BCUT2D eigenvalue weighted by Crippen LogP contribution is -2.16. The van der Waals surface area contributed by atoms with Gasteiger partial charge in [0.1, 0.15) is 6.07 Å². The van der Waals surface area contributed by atoms with Crippen LogP contribution in [0.25, 0.3) is 0 Å². The van der Waals surface area contributed by atoms with Crippen LogP contribution in [0.4, 0.5) is 0 Å². The van der Waals surface area contributed by atoms with Crippen molar-refractivity contribution in [3.63, 3.8) is 0 Å². The molecule has 0 heterocycles. The number of nitriles is 1. The van der Waals surface area contributed by atoms with Crippen LogP contribution in [0.3, 0.4) is 0 Å². The third-order valence-corrected chi connectivity index (χ3v) is 4.00. The highest BCUT2D eigenvalue weighted by Gasteiger charge is 2.12. The summed E-state index contributed by atoms with van der Waals surface area (Å²) in [5.74, 6) is 1.23. The van der Waals surface area contributed by atoms with Gasteiger partial charge in [0, 0.05) is 6.54 Å². The molecule has 0 aliphatic rings. The minimum Gasteiger partial charge on any atom is -0.490 e. The van der Waals surface area contributed by atoms with Gasteiger partial charge in [-0.2, -0.15) is 5.26 Å². The summed E-state index contributed by atoms with van der Waals surface area (Å²) >= 11 is 3.50. The molecule has 1 N–H and O–H groups in total. The molecule has 0 bridgehead atoms. The van der Waals surface area contributed by atoms with Crippen molar-refractivity contribution in [2.24, 2.45) is 0 Å². The predicted octanol–water partition coefficient (Wildman–Crippen LogP) is 4.08. The van der Waals surface area contributed by atoms with E-state index in [1.54, 1.807) is 0 Å². The number of nitrogens with zero attached hydrogens (tertiary/aromatic N) is 1. The van der Waals surface area contributed by atoms with Gasteiger partial charge in [0.25, 0.3) is 0 Å². The molecular weight excluding hydrogens is 368 g/mol. The lowest BCUT2D eigenvalue weighted by atomic mass is 10.1. The van der Waals surface area contributed by atoms with Crippen LogP contribution in [-0.2, 0) is 13.0 Å². The van der Waals surface area contributed by atoms with Crippen LogP contribution in [0.1, 0.15) is 18.1 Å². The van der Waals surface area contributed by atoms with E-state index in [0.717, 1.165) is 29.5 Å². The summed E-state index contributed by atoms with van der Waals surface area (Å²) in [4.78, 5) is 0. The number of hydrogen-bond acceptors (Lipinski definition) is 4. The van der Waals surface area contributed by atoms with E-state index in [2.05, 4.69) is 45.5 Å². The average Bonchev–Trinajstić information content (AvgIpc) is 2.59. The summed E-state index contributed by atoms with van der Waals surface area (Å²) in [7, 11) is 0. The Balaban J connectivity index is 1.96. The molecule has 2 rings (SSSR count). The molecule has 0 unspecified atom stereocenters. The third kappa shape index (κ3) is 5.55. The maximum Gasteiger partial charge on any atom is 0.176 e. The third-order valence-electron chi connectivity index (χ3n) is 3.41. The van der Waals surface area contributed by atoms with Crippen molar-refractivity contribution in [2.75, 3.05) is 19.8 Å². The Labute approximate surface area is 151 Å². The van der Waals surface area contributed by atoms with Gasteiger partial charge in [-0.05, 0) is 59.1 Å². The second kappa shape index (κ2) is 9.96. The van der Waals surface area contributed by atoms with E-state index in [1.807, 2.05) is 31.2 Å². The number of halogens is 1. The molecule has 0 fully saturated rings. The molecule has 0 amide bonds. The first-order chi connectivity index (χ1) is 11.7. The molecule has 2 aromatic rings. The Bertz CT molecular complexity index is 684. The highest BCUT2D eigenvalue weighted by Crippen LogP contribution is 2.36. The molecule has 0 saturated heterocycles. The van der Waals surface area contributed by atoms with Crippen molar-refractivity contribution in [1.82, 2.24) is 5.32 Å². The van der Waals surface area contributed by atoms with Crippen LogP contribution in [0.2, 0.25) is 0 Å². The molecule has 126 valence electrons. The minimum absolute atomic E-state index is 0.00660. The number of benzene rings is 2. The van der Waals surface area contributed by atoms with Crippen LogP contribution in [0, 0.1) is 11.3 Å². The minimum atomic E-state index is -0.00660. The van der Waals surface area contributed by atoms with Crippen LogP contribution in [0.5, 0.6) is 11.5 Å². The quantitative estimate of drug-likeness (QED) is 0.657. The van der Waals surface area contributed by atoms with Gasteiger partial charge in [0.2, 0.25) is 0 Å². The largest absolute Gasteiger partial charge is 0.490 e. The Kier molecular flexibility index (Phi) is 7.60. The fourth-order valence-electron chi connectivity index (χ4n) is 2.34. The highest BCUT2D eigenvalue weighted by atomic mass is 79.9. The van der Waals surface area contributed by atoms with Crippen molar-refractivity contribution >= 4 is 15.9 Å². The second-order valence-electron chi connectivity index (χ2n) is 5.20. The Morgan fingerprint density at radius 3 is 2.62 bits per heavy atom. The molecule has 0 spiro atoms. The molecule has 24 heavy (non-hydrogen) atoms. The van der Waals surface area contributed by atoms with Gasteiger partial charge in [-0.3, -0.25) is 0 Å². The van der Waals surface area contributed by atoms with E-state index in [1.165, 1.54) is 5.56 Å². The van der Waals surface area contributed by atoms with Crippen molar-refractivity contribution in [2.45, 2.75) is 19.9 Å². The smallest absolute Gasteiger partial charge is 0.176 e. The molecule has 0 aliphatic heterocycles. The predicted molar refractivity (Wildman–Crippen MR) is 98.3 cm³/mol. The summed E-state index contributed by atoms with van der Waals surface area (Å²) in [6, 6.07) is 16.3. The summed E-state index contributed by atoms with van der Waals surface area (Å²) in [5, 5.41) is 12.1. The van der Waals surface area contributed by atoms with Gasteiger partial charge in [-0.1, -0.05) is 30.3 Å². The molecular formula is C19H21BrN2O2. The van der Waals surface area contributed by atoms with E-state index >= 15 is 0 Å². The normalized spacial score (nSPS) is 10.2. The fraction of sp³-hybridized carbons (Fsp3) is 0.316. The molecule has 0 aromatic heterocycles. The molecule has 0 aliphatic carbocycles. The lowest BCUT2D eigenvalue weighted by Gasteiger charge is -2.14. The van der Waals surface area contributed by atoms with Crippen LogP contribution >= 0.6 is 15.9 Å². The summed E-state index contributed by atoms with van der Waals surface area (Å²) in [5.41, 5.74) is 2.42. The first-order valence-corrected chi connectivity index (χ1v) is 8.73. The average molecular weight is 389 g/mol. The van der Waals surface area contributed by atoms with Crippen molar-refractivity contribution < 1.29 is 9.47 Å². The molecule has 5 heteroatoms. The summed E-state index contributed by atoms with van der Waals surface area (Å²) in [6.07, 6.45) is 0.990. The van der Waals surface area contributed by atoms with Gasteiger partial charge in [0.05, 0.1) is 11.1 Å². The Morgan fingerprint density at radius 2 is 1.92 bits per heavy atom. The van der Waals surface area contributed by atoms with Crippen molar-refractivity contribution in [3.05, 3.63) is 58.1 Å². The van der Waals surface area contributed by atoms with Crippen molar-refractivity contribution in [3.8, 4) is 17.6 Å². The Morgan fingerprint density at radius 1 is 1.12 bits per heavy atom. The zero-order valence-electron chi connectivity index (χ0n) is 13.7. The van der Waals surface area contributed by atoms with Crippen LogP contribution in [-0.4, -0.2) is 19.8 Å². The van der Waals surface area contributed by atoms with E-state index in [9.17, 15) is 0 Å². The molecule has 0 atom stereocenters. The van der Waals surface area contributed by atoms with Gasteiger partial charge >= 0.3 is 0 Å². The monoisotopic (exact) mass is 388 g/mol. The van der Waals surface area contributed by atoms with E-state index in [4.69, 9.17) is 14.7 Å². The molecule has 2 aromatic carbocycles. The van der Waals surface area contributed by atoms with Gasteiger partial charge < -0.3 is 14.8 Å².